The largest absolute Gasteiger partial charge is 0.383 e. The number of aliphatic imine (C=N–C) groups is 1. The fourth-order valence-electron chi connectivity index (χ4n) is 2.15. The van der Waals surface area contributed by atoms with Gasteiger partial charge < -0.3 is 5.32 Å². The Morgan fingerprint density at radius 3 is 2.26 bits per heavy atom. The summed E-state index contributed by atoms with van der Waals surface area (Å²) < 4.78 is 0. The number of nitrogens with zero attached hydrogens (tertiary/aromatic N) is 1. The molecule has 0 saturated heterocycles. The van der Waals surface area contributed by atoms with Gasteiger partial charge >= 0.3 is 0 Å². The van der Waals surface area contributed by atoms with Crippen molar-refractivity contribution >= 4 is 11.4 Å². The molecule has 0 amide bonds. The van der Waals surface area contributed by atoms with Crippen molar-refractivity contribution in [3.05, 3.63) is 78.0 Å². The Hall–Kier alpha value is -2.35. The summed E-state index contributed by atoms with van der Waals surface area (Å²) in [5.41, 5.74) is 5.07. The Morgan fingerprint density at radius 2 is 1.74 bits per heavy atom. The van der Waals surface area contributed by atoms with Crippen LogP contribution in [-0.2, 0) is 0 Å². The Bertz CT molecular complexity index is 629. The summed E-state index contributed by atoms with van der Waals surface area (Å²) in [5, 5.41) is 3.33. The maximum atomic E-state index is 4.71. The molecule has 0 fully saturated rings. The van der Waals surface area contributed by atoms with Crippen LogP contribution >= 0.6 is 0 Å². The van der Waals surface area contributed by atoms with Crippen LogP contribution in [0.2, 0.25) is 0 Å². The first-order valence-corrected chi connectivity index (χ1v) is 8.05. The smallest absolute Gasteiger partial charge is 0.0662 e. The Morgan fingerprint density at radius 1 is 1.09 bits per heavy atom. The van der Waals surface area contributed by atoms with Gasteiger partial charge in [0.15, 0.2) is 0 Å². The van der Waals surface area contributed by atoms with Gasteiger partial charge in [0, 0.05) is 17.5 Å². The summed E-state index contributed by atoms with van der Waals surface area (Å²) in [6.45, 7) is 14.3. The van der Waals surface area contributed by atoms with E-state index < -0.39 is 0 Å². The van der Waals surface area contributed by atoms with Gasteiger partial charge in [-0.05, 0) is 51.8 Å². The average molecular weight is 308 g/mol. The minimum absolute atomic E-state index is 0.369. The molecule has 122 valence electrons. The highest BCUT2D eigenvalue weighted by molar-refractivity contribution is 5.97. The first kappa shape index (κ1) is 18.7. The first-order chi connectivity index (χ1) is 11.0. The summed E-state index contributed by atoms with van der Waals surface area (Å²) in [6, 6.07) is 10.6. The fraction of sp³-hybridized carbons (Fsp3) is 0.286. The highest BCUT2D eigenvalue weighted by Crippen LogP contribution is 2.16. The van der Waals surface area contributed by atoms with Gasteiger partial charge in [-0.2, -0.15) is 0 Å². The number of hydrogen-bond donors (Lipinski definition) is 1. The van der Waals surface area contributed by atoms with Gasteiger partial charge in [0.05, 0.1) is 5.70 Å². The monoisotopic (exact) mass is 308 g/mol. The van der Waals surface area contributed by atoms with Crippen molar-refractivity contribution in [1.29, 1.82) is 0 Å². The number of hydrogen-bond acceptors (Lipinski definition) is 2. The second kappa shape index (κ2) is 9.62. The lowest BCUT2D eigenvalue weighted by atomic mass is 10.1. The quantitative estimate of drug-likeness (QED) is 0.520. The summed E-state index contributed by atoms with van der Waals surface area (Å²) in [6.07, 6.45) is 8.15. The van der Waals surface area contributed by atoms with Crippen molar-refractivity contribution in [1.82, 2.24) is 5.32 Å². The third-order valence-corrected chi connectivity index (χ3v) is 3.27. The molecule has 2 heteroatoms. The maximum absolute atomic E-state index is 4.71. The van der Waals surface area contributed by atoms with Crippen LogP contribution in [0.4, 0.5) is 0 Å². The lowest BCUT2D eigenvalue weighted by molar-refractivity contribution is 0.679. The fourth-order valence-corrected chi connectivity index (χ4v) is 2.15. The summed E-state index contributed by atoms with van der Waals surface area (Å²) in [7, 11) is 0. The standard InChI is InChI=1S/C21H28N2/c1-7-19(18(6)22-16(3)4)15-14-17(5)23-21(8-2)20-12-10-9-11-13-20/h7-16,22H,6H2,1-5H3/b15-14-,19-7+,21-8-,23-17+. The molecule has 0 bridgehead atoms. The molecular weight excluding hydrogens is 280 g/mol. The molecule has 0 unspecified atom stereocenters. The minimum atomic E-state index is 0.369. The molecule has 1 N–H and O–H groups in total. The van der Waals surface area contributed by atoms with Crippen molar-refractivity contribution in [2.45, 2.75) is 40.7 Å². The van der Waals surface area contributed by atoms with Crippen molar-refractivity contribution < 1.29 is 0 Å². The highest BCUT2D eigenvalue weighted by Gasteiger charge is 2.01. The van der Waals surface area contributed by atoms with Crippen LogP contribution in [0, 0.1) is 0 Å². The summed E-state index contributed by atoms with van der Waals surface area (Å²) in [4.78, 5) is 4.71. The number of rotatable bonds is 7. The second-order valence-corrected chi connectivity index (χ2v) is 5.65. The van der Waals surface area contributed by atoms with Crippen LogP contribution < -0.4 is 5.32 Å². The molecule has 0 heterocycles. The molecule has 2 nitrogen and oxygen atoms in total. The Balaban J connectivity index is 2.88. The maximum Gasteiger partial charge on any atom is 0.0662 e. The van der Waals surface area contributed by atoms with Gasteiger partial charge in [0.2, 0.25) is 0 Å². The van der Waals surface area contributed by atoms with Gasteiger partial charge in [-0.15, -0.1) is 0 Å². The molecule has 0 aliphatic rings. The second-order valence-electron chi connectivity index (χ2n) is 5.65. The molecule has 1 aromatic carbocycles. The van der Waals surface area contributed by atoms with E-state index in [-0.39, 0.29) is 0 Å². The molecule has 1 aromatic rings. The van der Waals surface area contributed by atoms with Gasteiger partial charge in [0.25, 0.3) is 0 Å². The van der Waals surface area contributed by atoms with E-state index in [0.29, 0.717) is 6.04 Å². The van der Waals surface area contributed by atoms with Crippen molar-refractivity contribution in [2.75, 3.05) is 0 Å². The Labute approximate surface area is 141 Å². The number of allylic oxidation sites excluding steroid dienone is 4. The molecule has 0 saturated carbocycles. The summed E-state index contributed by atoms with van der Waals surface area (Å²) in [5.74, 6) is 0. The first-order valence-electron chi connectivity index (χ1n) is 8.05. The van der Waals surface area contributed by atoms with E-state index in [1.807, 2.05) is 51.1 Å². The molecule has 0 atom stereocenters. The molecular formula is C21H28N2. The normalized spacial score (nSPS) is 13.7. The molecule has 1 rings (SSSR count). The third kappa shape index (κ3) is 6.52. The van der Waals surface area contributed by atoms with Gasteiger partial charge in [-0.25, -0.2) is 0 Å². The summed E-state index contributed by atoms with van der Waals surface area (Å²) >= 11 is 0. The lowest BCUT2D eigenvalue weighted by Gasteiger charge is -2.13. The van der Waals surface area contributed by atoms with Crippen molar-refractivity contribution in [3.8, 4) is 0 Å². The van der Waals surface area contributed by atoms with E-state index in [0.717, 1.165) is 28.2 Å². The topological polar surface area (TPSA) is 24.4 Å². The van der Waals surface area contributed by atoms with Crippen LogP contribution in [0.3, 0.4) is 0 Å². The van der Waals surface area contributed by atoms with Gasteiger partial charge in [-0.1, -0.05) is 55.1 Å². The average Bonchev–Trinajstić information content (AvgIpc) is 2.53. The van der Waals surface area contributed by atoms with Gasteiger partial charge in [-0.3, -0.25) is 4.99 Å². The van der Waals surface area contributed by atoms with Gasteiger partial charge in [0.1, 0.15) is 0 Å². The molecule has 0 radical (unpaired) electrons. The van der Waals surface area contributed by atoms with Crippen LogP contribution in [0.25, 0.3) is 5.70 Å². The van der Waals surface area contributed by atoms with Crippen LogP contribution in [0.15, 0.2) is 77.5 Å². The lowest BCUT2D eigenvalue weighted by Crippen LogP contribution is -2.21. The molecule has 0 aromatic heterocycles. The van der Waals surface area contributed by atoms with E-state index in [1.165, 1.54) is 0 Å². The Kier molecular flexibility index (Phi) is 7.82. The van der Waals surface area contributed by atoms with E-state index in [2.05, 4.69) is 50.0 Å². The van der Waals surface area contributed by atoms with Crippen LogP contribution in [-0.4, -0.2) is 11.8 Å². The van der Waals surface area contributed by atoms with E-state index >= 15 is 0 Å². The number of nitrogens with one attached hydrogen (secondary N) is 1. The molecule has 23 heavy (non-hydrogen) atoms. The number of benzene rings is 1. The molecule has 0 spiro atoms. The van der Waals surface area contributed by atoms with Crippen LogP contribution in [0.1, 0.15) is 40.2 Å². The van der Waals surface area contributed by atoms with E-state index in [4.69, 9.17) is 4.99 Å². The van der Waals surface area contributed by atoms with Crippen molar-refractivity contribution in [3.63, 3.8) is 0 Å². The zero-order valence-electron chi connectivity index (χ0n) is 14.9. The van der Waals surface area contributed by atoms with Crippen LogP contribution in [0.5, 0.6) is 0 Å². The molecule has 0 aliphatic carbocycles. The zero-order valence-corrected chi connectivity index (χ0v) is 14.9. The minimum Gasteiger partial charge on any atom is -0.383 e. The molecule has 0 aliphatic heterocycles. The van der Waals surface area contributed by atoms with E-state index in [1.54, 1.807) is 0 Å². The SMILES string of the molecule is C=C(NC(C)C)C(/C=C\C(C)=N\C(=C/C)c1ccccc1)=C/C. The van der Waals surface area contributed by atoms with E-state index in [9.17, 15) is 0 Å². The third-order valence-electron chi connectivity index (χ3n) is 3.27. The predicted octanol–water partition coefficient (Wildman–Crippen LogP) is 5.52. The zero-order chi connectivity index (χ0) is 17.2. The van der Waals surface area contributed by atoms with Crippen molar-refractivity contribution in [2.24, 2.45) is 4.99 Å². The highest BCUT2D eigenvalue weighted by atomic mass is 14.9. The predicted molar refractivity (Wildman–Crippen MR) is 104 cm³/mol.